The van der Waals surface area contributed by atoms with Gasteiger partial charge in [-0.1, -0.05) is 0 Å². The molecule has 0 atom stereocenters. The van der Waals surface area contributed by atoms with E-state index < -0.39 is 0 Å². The van der Waals surface area contributed by atoms with Crippen molar-refractivity contribution in [3.63, 3.8) is 0 Å². The molecule has 1 aliphatic carbocycles. The van der Waals surface area contributed by atoms with Gasteiger partial charge in [-0.3, -0.25) is 0 Å². The lowest BCUT2D eigenvalue weighted by Crippen LogP contribution is -2.09. The highest BCUT2D eigenvalue weighted by Gasteiger charge is 2.16. The molecule has 88 valence electrons. The zero-order valence-corrected chi connectivity index (χ0v) is 10.3. The fourth-order valence-corrected chi connectivity index (χ4v) is 2.80. The Bertz CT molecular complexity index is 495. The molecule has 0 radical (unpaired) electrons. The van der Waals surface area contributed by atoms with Gasteiger partial charge in [-0.25, -0.2) is 15.0 Å². The van der Waals surface area contributed by atoms with Crippen LogP contribution in [-0.4, -0.2) is 21.5 Å². The predicted molar refractivity (Wildman–Crippen MR) is 68.4 cm³/mol. The number of hydrogen-bond acceptors (Lipinski definition) is 5. The first-order chi connectivity index (χ1) is 8.43. The summed E-state index contributed by atoms with van der Waals surface area (Å²) in [6, 6.07) is 0. The van der Waals surface area contributed by atoms with Crippen LogP contribution in [0.3, 0.4) is 0 Å². The van der Waals surface area contributed by atoms with E-state index in [1.54, 1.807) is 17.7 Å². The van der Waals surface area contributed by atoms with Crippen LogP contribution in [0.5, 0.6) is 0 Å². The van der Waals surface area contributed by atoms with Gasteiger partial charge in [-0.2, -0.15) is 0 Å². The molecular formula is C12H14N4S. The third-order valence-corrected chi connectivity index (χ3v) is 3.83. The van der Waals surface area contributed by atoms with Crippen molar-refractivity contribution in [1.82, 2.24) is 15.0 Å². The summed E-state index contributed by atoms with van der Waals surface area (Å²) < 4.78 is 0. The minimum absolute atomic E-state index is 0.886. The van der Waals surface area contributed by atoms with Crippen LogP contribution in [-0.2, 0) is 19.3 Å². The monoisotopic (exact) mass is 246 g/mol. The van der Waals surface area contributed by atoms with Gasteiger partial charge in [0.2, 0.25) is 0 Å². The number of aryl methyl sites for hydroxylation is 1. The zero-order chi connectivity index (χ0) is 11.5. The number of anilines is 1. The topological polar surface area (TPSA) is 50.7 Å². The lowest BCUT2D eigenvalue weighted by atomic mass is 10.2. The summed E-state index contributed by atoms with van der Waals surface area (Å²) >= 11 is 1.70. The lowest BCUT2D eigenvalue weighted by molar-refractivity contribution is 0.899. The van der Waals surface area contributed by atoms with Gasteiger partial charge in [-0.05, 0) is 19.3 Å². The molecule has 0 saturated heterocycles. The molecule has 0 unspecified atom stereocenters. The molecule has 0 amide bonds. The summed E-state index contributed by atoms with van der Waals surface area (Å²) in [6.07, 6.45) is 7.87. The number of hydrogen-bond donors (Lipinski definition) is 1. The van der Waals surface area contributed by atoms with E-state index >= 15 is 0 Å². The standard InChI is InChI=1S/C12H14N4S/c1-2-9-10(3-1)15-8-16-12(9)14-5-4-11-13-6-7-17-11/h6-8H,1-5H2,(H,14,15,16). The number of thiazole rings is 1. The van der Waals surface area contributed by atoms with Gasteiger partial charge in [0.1, 0.15) is 12.1 Å². The van der Waals surface area contributed by atoms with Gasteiger partial charge >= 0.3 is 0 Å². The normalized spacial score (nSPS) is 13.6. The molecule has 0 bridgehead atoms. The SMILES string of the molecule is c1csc(CCNc2ncnc3c2CCC3)n1. The van der Waals surface area contributed by atoms with Gasteiger partial charge in [0.15, 0.2) is 0 Å². The van der Waals surface area contributed by atoms with Crippen molar-refractivity contribution >= 4 is 17.2 Å². The molecule has 2 aromatic rings. The van der Waals surface area contributed by atoms with Crippen LogP contribution in [0.2, 0.25) is 0 Å². The summed E-state index contributed by atoms with van der Waals surface area (Å²) in [5.74, 6) is 1.02. The van der Waals surface area contributed by atoms with Crippen molar-refractivity contribution in [3.8, 4) is 0 Å². The van der Waals surface area contributed by atoms with Crippen molar-refractivity contribution in [1.29, 1.82) is 0 Å². The van der Waals surface area contributed by atoms with E-state index in [-0.39, 0.29) is 0 Å². The van der Waals surface area contributed by atoms with Crippen molar-refractivity contribution in [2.75, 3.05) is 11.9 Å². The minimum Gasteiger partial charge on any atom is -0.369 e. The van der Waals surface area contributed by atoms with Crippen LogP contribution in [0.1, 0.15) is 22.7 Å². The number of aromatic nitrogens is 3. The molecule has 2 heterocycles. The zero-order valence-electron chi connectivity index (χ0n) is 9.52. The molecule has 3 rings (SSSR count). The largest absolute Gasteiger partial charge is 0.369 e. The van der Waals surface area contributed by atoms with E-state index in [4.69, 9.17) is 0 Å². The second kappa shape index (κ2) is 4.79. The molecule has 5 heteroatoms. The van der Waals surface area contributed by atoms with E-state index in [1.807, 2.05) is 11.6 Å². The highest BCUT2D eigenvalue weighted by atomic mass is 32.1. The Morgan fingerprint density at radius 2 is 2.24 bits per heavy atom. The van der Waals surface area contributed by atoms with E-state index in [9.17, 15) is 0 Å². The maximum Gasteiger partial charge on any atom is 0.132 e. The Balaban J connectivity index is 1.64. The molecule has 0 spiro atoms. The quantitative estimate of drug-likeness (QED) is 0.897. The molecule has 1 N–H and O–H groups in total. The van der Waals surface area contributed by atoms with Crippen LogP contribution >= 0.6 is 11.3 Å². The summed E-state index contributed by atoms with van der Waals surface area (Å²) in [5, 5.41) is 6.58. The van der Waals surface area contributed by atoms with Crippen LogP contribution in [0.4, 0.5) is 5.82 Å². The maximum atomic E-state index is 4.33. The fraction of sp³-hybridized carbons (Fsp3) is 0.417. The van der Waals surface area contributed by atoms with Gasteiger partial charge in [0.05, 0.1) is 5.01 Å². The number of nitrogens with one attached hydrogen (secondary N) is 1. The summed E-state index contributed by atoms with van der Waals surface area (Å²) in [4.78, 5) is 12.9. The Morgan fingerprint density at radius 3 is 3.12 bits per heavy atom. The third kappa shape index (κ3) is 2.29. The highest BCUT2D eigenvalue weighted by Crippen LogP contribution is 2.24. The summed E-state index contributed by atoms with van der Waals surface area (Å²) in [7, 11) is 0. The Hall–Kier alpha value is -1.49. The highest BCUT2D eigenvalue weighted by molar-refractivity contribution is 7.09. The van der Waals surface area contributed by atoms with Crippen molar-refractivity contribution in [2.24, 2.45) is 0 Å². The number of rotatable bonds is 4. The number of nitrogens with zero attached hydrogens (tertiary/aromatic N) is 3. The Morgan fingerprint density at radius 1 is 1.24 bits per heavy atom. The first-order valence-corrected chi connectivity index (χ1v) is 6.76. The fourth-order valence-electron chi connectivity index (χ4n) is 2.18. The summed E-state index contributed by atoms with van der Waals surface area (Å²) in [6.45, 7) is 0.886. The van der Waals surface area contributed by atoms with Crippen LogP contribution in [0, 0.1) is 0 Å². The Labute approximate surface area is 104 Å². The Kier molecular flexibility index (Phi) is 3.00. The molecule has 4 nitrogen and oxygen atoms in total. The predicted octanol–water partition coefficient (Wildman–Crippen LogP) is 2.08. The van der Waals surface area contributed by atoms with Crippen LogP contribution in [0.25, 0.3) is 0 Å². The van der Waals surface area contributed by atoms with E-state index in [0.29, 0.717) is 0 Å². The molecule has 17 heavy (non-hydrogen) atoms. The number of fused-ring (bicyclic) bond motifs is 1. The van der Waals surface area contributed by atoms with Crippen molar-refractivity contribution < 1.29 is 0 Å². The maximum absolute atomic E-state index is 4.33. The van der Waals surface area contributed by atoms with E-state index in [1.165, 1.54) is 22.7 Å². The average Bonchev–Trinajstić information content (AvgIpc) is 2.99. The van der Waals surface area contributed by atoms with Crippen LogP contribution in [0.15, 0.2) is 17.9 Å². The van der Waals surface area contributed by atoms with Gasteiger partial charge in [-0.15, -0.1) is 11.3 Å². The van der Waals surface area contributed by atoms with Gasteiger partial charge in [0.25, 0.3) is 0 Å². The second-order valence-corrected chi connectivity index (χ2v) is 5.08. The molecule has 2 aromatic heterocycles. The summed E-state index contributed by atoms with van der Waals surface area (Å²) in [5.41, 5.74) is 2.53. The third-order valence-electron chi connectivity index (χ3n) is 2.99. The van der Waals surface area contributed by atoms with E-state index in [0.717, 1.165) is 31.6 Å². The molecule has 0 aromatic carbocycles. The molecule has 0 aliphatic heterocycles. The minimum atomic E-state index is 0.886. The molecule has 1 aliphatic rings. The first kappa shape index (κ1) is 10.7. The van der Waals surface area contributed by atoms with E-state index in [2.05, 4.69) is 20.3 Å². The second-order valence-electron chi connectivity index (χ2n) is 4.10. The van der Waals surface area contributed by atoms with Crippen LogP contribution < -0.4 is 5.32 Å². The van der Waals surface area contributed by atoms with Crippen molar-refractivity contribution in [2.45, 2.75) is 25.7 Å². The van der Waals surface area contributed by atoms with Gasteiger partial charge < -0.3 is 5.32 Å². The first-order valence-electron chi connectivity index (χ1n) is 5.88. The molecule has 0 fully saturated rings. The average molecular weight is 246 g/mol. The molecular weight excluding hydrogens is 232 g/mol. The van der Waals surface area contributed by atoms with Crippen molar-refractivity contribution in [3.05, 3.63) is 34.2 Å². The lowest BCUT2D eigenvalue weighted by Gasteiger charge is -2.08. The smallest absolute Gasteiger partial charge is 0.132 e. The van der Waals surface area contributed by atoms with Gasteiger partial charge in [0, 0.05) is 35.8 Å². The molecule has 0 saturated carbocycles.